The second-order valence-electron chi connectivity index (χ2n) is 9.16. The van der Waals surface area contributed by atoms with Gasteiger partial charge in [-0.25, -0.2) is 0 Å². The number of rotatable bonds is 8. The van der Waals surface area contributed by atoms with Crippen LogP contribution in [0.5, 0.6) is 0 Å². The summed E-state index contributed by atoms with van der Waals surface area (Å²) in [5.41, 5.74) is 0. The number of aliphatic hydroxyl groups is 8. The van der Waals surface area contributed by atoms with E-state index in [1.807, 2.05) is 6.92 Å². The van der Waals surface area contributed by atoms with Crippen LogP contribution in [0.2, 0.25) is 0 Å². The van der Waals surface area contributed by atoms with Gasteiger partial charge in [-0.15, -0.1) is 0 Å². The fourth-order valence-electron chi connectivity index (χ4n) is 4.61. The van der Waals surface area contributed by atoms with Gasteiger partial charge in [0.25, 0.3) is 0 Å². The van der Waals surface area contributed by atoms with Gasteiger partial charge in [0.2, 0.25) is 0 Å². The first-order valence-corrected chi connectivity index (χ1v) is 11.7. The molecule has 8 unspecified atom stereocenters. The Balaban J connectivity index is 1.81. The summed E-state index contributed by atoms with van der Waals surface area (Å²) in [6.07, 6.45) is -15.8. The molecular weight excluding hydrogens is 460 g/mol. The molecule has 0 radical (unpaired) electrons. The molecule has 0 spiro atoms. The number of hydrogen-bond donors (Lipinski definition) is 8. The van der Waals surface area contributed by atoms with E-state index in [-0.39, 0.29) is 12.5 Å². The lowest BCUT2D eigenvalue weighted by Gasteiger charge is -2.47. The summed E-state index contributed by atoms with van der Waals surface area (Å²) < 4.78 is 28.8. The zero-order valence-electron chi connectivity index (χ0n) is 19.2. The number of aliphatic hydroxyl groups excluding tert-OH is 8. The zero-order valence-corrected chi connectivity index (χ0v) is 19.2. The van der Waals surface area contributed by atoms with Crippen LogP contribution in [-0.4, -0.2) is 140 Å². The molecule has 3 aliphatic heterocycles. The molecular formula is C21H38O13. The number of hydrogen-bond acceptors (Lipinski definition) is 13. The van der Waals surface area contributed by atoms with E-state index in [2.05, 4.69) is 0 Å². The molecule has 0 bridgehead atoms. The van der Waals surface area contributed by atoms with Crippen molar-refractivity contribution in [2.45, 2.75) is 119 Å². The van der Waals surface area contributed by atoms with Crippen molar-refractivity contribution in [3.05, 3.63) is 0 Å². The minimum atomic E-state index is -1.65. The summed E-state index contributed by atoms with van der Waals surface area (Å²) in [4.78, 5) is 0. The van der Waals surface area contributed by atoms with Crippen LogP contribution in [0.3, 0.4) is 0 Å². The molecule has 0 aromatic rings. The van der Waals surface area contributed by atoms with Crippen molar-refractivity contribution in [3.63, 3.8) is 0 Å². The van der Waals surface area contributed by atoms with Crippen LogP contribution >= 0.6 is 0 Å². The Bertz CT molecular complexity index is 623. The molecule has 3 heterocycles. The Morgan fingerprint density at radius 3 is 1.88 bits per heavy atom. The Morgan fingerprint density at radius 2 is 1.29 bits per heavy atom. The van der Waals surface area contributed by atoms with Gasteiger partial charge in [0.05, 0.1) is 31.5 Å². The van der Waals surface area contributed by atoms with E-state index in [0.717, 1.165) is 6.42 Å². The quantitative estimate of drug-likeness (QED) is 0.162. The smallest absolute Gasteiger partial charge is 0.187 e. The molecule has 0 aromatic carbocycles. The second-order valence-corrected chi connectivity index (χ2v) is 9.16. The first kappa shape index (κ1) is 28.1. The van der Waals surface area contributed by atoms with Crippen molar-refractivity contribution in [2.24, 2.45) is 0 Å². The molecule has 200 valence electrons. The highest BCUT2D eigenvalue weighted by Crippen LogP contribution is 2.33. The zero-order chi connectivity index (χ0) is 25.2. The average Bonchev–Trinajstić information content (AvgIpc) is 2.82. The summed E-state index contributed by atoms with van der Waals surface area (Å²) in [6.45, 7) is 2.34. The first-order valence-electron chi connectivity index (χ1n) is 11.7. The molecule has 13 nitrogen and oxygen atoms in total. The van der Waals surface area contributed by atoms with E-state index in [0.29, 0.717) is 6.42 Å². The summed E-state index contributed by atoms with van der Waals surface area (Å²) in [6, 6.07) is 0. The van der Waals surface area contributed by atoms with Crippen molar-refractivity contribution in [1.82, 2.24) is 0 Å². The van der Waals surface area contributed by atoms with Gasteiger partial charge in [-0.1, -0.05) is 13.3 Å². The standard InChI is InChI=1S/C21H38O13/c1-3-4-9-5-10(32-21-18(29)16(27)14(25)11(6-22)33-21)19(12(7-23)31-9)34-20-17(28)15(26)13(24)8(2)30-20/h8-29H,3-7H2,1-2H3/t8?,9-,10?,11?,12?,13-,14+,15?,16?,17?,18?,19+,20+,21-/m1/s1. The van der Waals surface area contributed by atoms with E-state index in [9.17, 15) is 40.9 Å². The van der Waals surface area contributed by atoms with Crippen molar-refractivity contribution >= 4 is 0 Å². The SMILES string of the molecule is CCC[C@@H]1CC(O[C@@H]2OC(CO)[C@H](O)C(O)C2O)[C@H](O[C@@H]2OC(C)[C@@H](O)C(O)C2O)C(CO)O1. The van der Waals surface area contributed by atoms with E-state index in [1.54, 1.807) is 0 Å². The maximum Gasteiger partial charge on any atom is 0.187 e. The molecule has 3 rings (SSSR count). The van der Waals surface area contributed by atoms with Crippen LogP contribution in [0, 0.1) is 0 Å². The van der Waals surface area contributed by atoms with Gasteiger partial charge in [0, 0.05) is 6.42 Å². The fourth-order valence-corrected chi connectivity index (χ4v) is 4.61. The first-order chi connectivity index (χ1) is 16.1. The molecule has 8 N–H and O–H groups in total. The van der Waals surface area contributed by atoms with Gasteiger partial charge in [-0.2, -0.15) is 0 Å². The highest BCUT2D eigenvalue weighted by atomic mass is 16.7. The maximum atomic E-state index is 10.4. The van der Waals surface area contributed by atoms with Crippen LogP contribution in [0.15, 0.2) is 0 Å². The third-order valence-corrected chi connectivity index (χ3v) is 6.64. The van der Waals surface area contributed by atoms with Gasteiger partial charge >= 0.3 is 0 Å². The monoisotopic (exact) mass is 498 g/mol. The Morgan fingerprint density at radius 1 is 0.706 bits per heavy atom. The Labute approximate surface area is 197 Å². The third-order valence-electron chi connectivity index (χ3n) is 6.64. The fraction of sp³-hybridized carbons (Fsp3) is 1.00. The molecule has 3 saturated heterocycles. The van der Waals surface area contributed by atoms with Crippen molar-refractivity contribution < 1.29 is 64.5 Å². The minimum absolute atomic E-state index is 0.230. The van der Waals surface area contributed by atoms with E-state index in [4.69, 9.17) is 23.7 Å². The predicted octanol–water partition coefficient (Wildman–Crippen LogP) is -3.67. The lowest BCUT2D eigenvalue weighted by molar-refractivity contribution is -0.357. The lowest BCUT2D eigenvalue weighted by atomic mass is 9.94. The summed E-state index contributed by atoms with van der Waals surface area (Å²) >= 11 is 0. The normalized spacial score (nSPS) is 50.3. The van der Waals surface area contributed by atoms with E-state index in [1.165, 1.54) is 6.92 Å². The summed E-state index contributed by atoms with van der Waals surface area (Å²) in [7, 11) is 0. The molecule has 3 fully saturated rings. The molecule has 3 aliphatic rings. The second kappa shape index (κ2) is 12.1. The van der Waals surface area contributed by atoms with Crippen molar-refractivity contribution in [2.75, 3.05) is 13.2 Å². The van der Waals surface area contributed by atoms with Crippen LogP contribution in [-0.2, 0) is 23.7 Å². The Hall–Kier alpha value is -0.520. The predicted molar refractivity (Wildman–Crippen MR) is 111 cm³/mol. The van der Waals surface area contributed by atoms with Crippen LogP contribution in [0.25, 0.3) is 0 Å². The van der Waals surface area contributed by atoms with Crippen LogP contribution < -0.4 is 0 Å². The van der Waals surface area contributed by atoms with E-state index >= 15 is 0 Å². The van der Waals surface area contributed by atoms with Gasteiger partial charge in [-0.3, -0.25) is 0 Å². The molecule has 13 heteroatoms. The molecule has 0 aliphatic carbocycles. The van der Waals surface area contributed by atoms with Gasteiger partial charge in [0.1, 0.15) is 54.9 Å². The van der Waals surface area contributed by atoms with Gasteiger partial charge < -0.3 is 64.5 Å². The molecule has 34 heavy (non-hydrogen) atoms. The summed E-state index contributed by atoms with van der Waals surface area (Å²) in [5.74, 6) is 0. The highest BCUT2D eigenvalue weighted by molar-refractivity contribution is 4.94. The summed E-state index contributed by atoms with van der Waals surface area (Å²) in [5, 5.41) is 80.4. The average molecular weight is 499 g/mol. The third kappa shape index (κ3) is 5.89. The lowest BCUT2D eigenvalue weighted by Crippen LogP contribution is -2.63. The number of ether oxygens (including phenoxy) is 5. The van der Waals surface area contributed by atoms with Gasteiger partial charge in [-0.05, 0) is 13.3 Å². The highest BCUT2D eigenvalue weighted by Gasteiger charge is 2.50. The topological polar surface area (TPSA) is 208 Å². The van der Waals surface area contributed by atoms with Crippen molar-refractivity contribution in [3.8, 4) is 0 Å². The van der Waals surface area contributed by atoms with Gasteiger partial charge in [0.15, 0.2) is 12.6 Å². The molecule has 0 aromatic heterocycles. The maximum absolute atomic E-state index is 10.4. The molecule has 0 amide bonds. The van der Waals surface area contributed by atoms with Crippen LogP contribution in [0.1, 0.15) is 33.1 Å². The minimum Gasteiger partial charge on any atom is -0.394 e. The van der Waals surface area contributed by atoms with Crippen LogP contribution in [0.4, 0.5) is 0 Å². The molecule has 0 saturated carbocycles. The molecule has 14 atom stereocenters. The van der Waals surface area contributed by atoms with Crippen molar-refractivity contribution in [1.29, 1.82) is 0 Å². The Kier molecular flexibility index (Phi) is 10.0. The largest absolute Gasteiger partial charge is 0.394 e. The van der Waals surface area contributed by atoms with E-state index < -0.39 is 92.9 Å².